The number of carbonyl (C=O) groups excluding carboxylic acids is 1. The predicted molar refractivity (Wildman–Crippen MR) is 139 cm³/mol. The second kappa shape index (κ2) is 9.63. The number of aromatic amines is 1. The second-order valence-electron chi connectivity index (χ2n) is 10.2. The molecule has 1 saturated carbocycles. The zero-order valence-electron chi connectivity index (χ0n) is 21.2. The van der Waals surface area contributed by atoms with Crippen LogP contribution in [0.25, 0.3) is 28.0 Å². The molecule has 10 nitrogen and oxygen atoms in total. The van der Waals surface area contributed by atoms with E-state index < -0.39 is 23.1 Å². The van der Waals surface area contributed by atoms with Gasteiger partial charge in [-0.05, 0) is 73.4 Å². The molecule has 3 aromatic heterocycles. The van der Waals surface area contributed by atoms with E-state index in [9.17, 15) is 23.5 Å². The number of carboxylic acid groups (broad SMARTS) is 1. The number of carboxylic acids is 1. The van der Waals surface area contributed by atoms with Gasteiger partial charge in [0.25, 0.3) is 5.91 Å². The molecule has 1 amide bonds. The third kappa shape index (κ3) is 4.68. The minimum atomic E-state index is -0.845. The Labute approximate surface area is 226 Å². The van der Waals surface area contributed by atoms with E-state index in [1.165, 1.54) is 30.6 Å². The van der Waals surface area contributed by atoms with Gasteiger partial charge < -0.3 is 15.4 Å². The highest BCUT2D eigenvalue weighted by atomic mass is 19.1. The number of benzene rings is 2. The molecule has 0 atom stereocenters. The highest BCUT2D eigenvalue weighted by Gasteiger charge is 2.48. The van der Waals surface area contributed by atoms with Gasteiger partial charge >= 0.3 is 5.97 Å². The number of amides is 1. The van der Waals surface area contributed by atoms with Crippen LogP contribution in [0.5, 0.6) is 0 Å². The van der Waals surface area contributed by atoms with Crippen LogP contribution in [0.15, 0.2) is 61.2 Å². The first-order chi connectivity index (χ1) is 19.2. The largest absolute Gasteiger partial charge is 0.481 e. The summed E-state index contributed by atoms with van der Waals surface area (Å²) < 4.78 is 29.3. The molecular weight excluding hydrogens is 520 g/mol. The number of nitrogens with one attached hydrogen (secondary N) is 2. The van der Waals surface area contributed by atoms with Crippen LogP contribution >= 0.6 is 0 Å². The molecule has 0 aliphatic heterocycles. The summed E-state index contributed by atoms with van der Waals surface area (Å²) in [7, 11) is 0. The maximum Gasteiger partial charge on any atom is 0.309 e. The summed E-state index contributed by atoms with van der Waals surface area (Å²) in [5.74, 6) is -1.69. The number of nitrogens with zero attached hydrogens (tertiary/aromatic N) is 5. The summed E-state index contributed by atoms with van der Waals surface area (Å²) in [5.41, 5.74) is 2.35. The molecule has 0 saturated heterocycles. The third-order valence-corrected chi connectivity index (χ3v) is 7.24. The van der Waals surface area contributed by atoms with Crippen molar-refractivity contribution in [1.29, 1.82) is 0 Å². The van der Waals surface area contributed by atoms with Gasteiger partial charge in [0, 0.05) is 24.2 Å². The molecule has 202 valence electrons. The van der Waals surface area contributed by atoms with Gasteiger partial charge in [-0.25, -0.2) is 28.4 Å². The van der Waals surface area contributed by atoms with Crippen molar-refractivity contribution in [2.45, 2.75) is 32.2 Å². The lowest BCUT2D eigenvalue weighted by molar-refractivity contribution is -0.154. The van der Waals surface area contributed by atoms with Crippen LogP contribution in [0, 0.1) is 17.0 Å². The van der Waals surface area contributed by atoms with Gasteiger partial charge in [-0.1, -0.05) is 0 Å². The number of carbonyl (C=O) groups is 2. The highest BCUT2D eigenvalue weighted by molar-refractivity contribution is 6.02. The van der Waals surface area contributed by atoms with Crippen molar-refractivity contribution < 1.29 is 23.5 Å². The molecule has 0 bridgehead atoms. The average Bonchev–Trinajstić information content (AvgIpc) is 3.57. The Kier molecular flexibility index (Phi) is 6.09. The van der Waals surface area contributed by atoms with E-state index in [2.05, 4.69) is 30.4 Å². The van der Waals surface area contributed by atoms with Gasteiger partial charge in [0.2, 0.25) is 0 Å². The molecule has 5 aromatic rings. The summed E-state index contributed by atoms with van der Waals surface area (Å²) in [6.45, 7) is 1.73. The molecule has 3 N–H and O–H groups in total. The topological polar surface area (TPSA) is 139 Å². The maximum atomic E-state index is 14.5. The molecule has 1 fully saturated rings. The lowest BCUT2D eigenvalue weighted by Gasteiger charge is -2.40. The zero-order chi connectivity index (χ0) is 28.0. The first kappa shape index (κ1) is 25.3. The Hall–Kier alpha value is -5.00. The van der Waals surface area contributed by atoms with Gasteiger partial charge in [-0.15, -0.1) is 0 Å². The number of H-pyrrole nitrogens is 1. The van der Waals surface area contributed by atoms with Crippen LogP contribution in [0.3, 0.4) is 0 Å². The SMILES string of the molecule is CC1(C(=O)O)CC(c2nc3ncnc(C(=O)NCc4cc(F)cc(-c5cnn(-c6ccc(F)cc6)c5)c4)c3[nH]2)C1. The van der Waals surface area contributed by atoms with Crippen molar-refractivity contribution in [3.05, 3.63) is 89.9 Å². The summed E-state index contributed by atoms with van der Waals surface area (Å²) in [6.07, 6.45) is 5.39. The van der Waals surface area contributed by atoms with E-state index in [1.54, 1.807) is 42.2 Å². The van der Waals surface area contributed by atoms with E-state index in [4.69, 9.17) is 0 Å². The van der Waals surface area contributed by atoms with Gasteiger partial charge in [0.15, 0.2) is 11.3 Å². The van der Waals surface area contributed by atoms with Crippen LogP contribution in [0.2, 0.25) is 0 Å². The Morgan fingerprint density at radius 2 is 1.88 bits per heavy atom. The van der Waals surface area contributed by atoms with Crippen molar-refractivity contribution in [2.75, 3.05) is 0 Å². The van der Waals surface area contributed by atoms with E-state index in [1.807, 2.05) is 0 Å². The molecule has 0 spiro atoms. The Morgan fingerprint density at radius 3 is 2.62 bits per heavy atom. The number of fused-ring (bicyclic) bond motifs is 1. The number of halogens is 2. The Bertz CT molecular complexity index is 1760. The minimum absolute atomic E-state index is 0.0295. The fourth-order valence-corrected chi connectivity index (χ4v) is 5.00. The van der Waals surface area contributed by atoms with Crippen molar-refractivity contribution in [1.82, 2.24) is 35.0 Å². The minimum Gasteiger partial charge on any atom is -0.481 e. The molecule has 2 aromatic carbocycles. The van der Waals surface area contributed by atoms with E-state index >= 15 is 0 Å². The summed E-state index contributed by atoms with van der Waals surface area (Å²) in [4.78, 5) is 40.3. The lowest BCUT2D eigenvalue weighted by Crippen LogP contribution is -2.40. The predicted octanol–water partition coefficient (Wildman–Crippen LogP) is 4.38. The number of hydrogen-bond donors (Lipinski definition) is 3. The number of rotatable bonds is 7. The maximum absolute atomic E-state index is 14.5. The highest BCUT2D eigenvalue weighted by Crippen LogP contribution is 2.50. The fraction of sp³-hybridized carbons (Fsp3) is 0.214. The number of aromatic nitrogens is 6. The number of hydrogen-bond acceptors (Lipinski definition) is 6. The average molecular weight is 544 g/mol. The molecule has 1 aliphatic rings. The van der Waals surface area contributed by atoms with Crippen molar-refractivity contribution in [2.24, 2.45) is 5.41 Å². The lowest BCUT2D eigenvalue weighted by atomic mass is 9.63. The van der Waals surface area contributed by atoms with Gasteiger partial charge in [0.05, 0.1) is 17.3 Å². The van der Waals surface area contributed by atoms with Gasteiger partial charge in [0.1, 0.15) is 29.3 Å². The van der Waals surface area contributed by atoms with Crippen LogP contribution in [0.4, 0.5) is 8.78 Å². The summed E-state index contributed by atoms with van der Waals surface area (Å²) in [5, 5.41) is 16.4. The first-order valence-electron chi connectivity index (χ1n) is 12.5. The van der Waals surface area contributed by atoms with E-state index in [0.717, 1.165) is 0 Å². The monoisotopic (exact) mass is 543 g/mol. The van der Waals surface area contributed by atoms with Crippen LogP contribution < -0.4 is 5.32 Å². The molecular formula is C28H23F2N7O3. The quantitative estimate of drug-likeness (QED) is 0.277. The molecule has 3 heterocycles. The summed E-state index contributed by atoms with van der Waals surface area (Å²) >= 11 is 0. The molecule has 0 unspecified atom stereocenters. The van der Waals surface area contributed by atoms with E-state index in [0.29, 0.717) is 52.2 Å². The molecule has 12 heteroatoms. The van der Waals surface area contributed by atoms with Crippen molar-refractivity contribution in [3.8, 4) is 16.8 Å². The standard InChI is InChI=1S/C28H23F2N7O3/c1-28(27(39)40)9-17(10-28)24-35-22-23(32-14-33-25(22)36-24)26(38)31-11-15-6-16(8-20(30)7-15)18-12-34-37(13-18)21-4-2-19(29)3-5-21/h2-8,12-14,17H,9-11H2,1H3,(H,31,38)(H,39,40)(H,32,33,35,36). The van der Waals surface area contributed by atoms with Gasteiger partial charge in [-0.3, -0.25) is 9.59 Å². The Balaban J connectivity index is 1.18. The molecule has 0 radical (unpaired) electrons. The normalized spacial score (nSPS) is 18.4. The molecule has 40 heavy (non-hydrogen) atoms. The third-order valence-electron chi connectivity index (χ3n) is 7.24. The summed E-state index contributed by atoms with van der Waals surface area (Å²) in [6, 6.07) is 10.3. The van der Waals surface area contributed by atoms with Crippen LogP contribution in [-0.4, -0.2) is 46.7 Å². The molecule has 6 rings (SSSR count). The molecule has 1 aliphatic carbocycles. The zero-order valence-corrected chi connectivity index (χ0v) is 21.2. The smallest absolute Gasteiger partial charge is 0.309 e. The van der Waals surface area contributed by atoms with Crippen LogP contribution in [-0.2, 0) is 11.3 Å². The Morgan fingerprint density at radius 1 is 1.10 bits per heavy atom. The number of aliphatic carboxylic acids is 1. The second-order valence-corrected chi connectivity index (χ2v) is 10.2. The van der Waals surface area contributed by atoms with Gasteiger partial charge in [-0.2, -0.15) is 5.10 Å². The fourth-order valence-electron chi connectivity index (χ4n) is 5.00. The first-order valence-corrected chi connectivity index (χ1v) is 12.5. The van der Waals surface area contributed by atoms with E-state index in [-0.39, 0.29) is 24.0 Å². The van der Waals surface area contributed by atoms with Crippen molar-refractivity contribution in [3.63, 3.8) is 0 Å². The number of imidazole rings is 1. The van der Waals surface area contributed by atoms with Crippen molar-refractivity contribution >= 4 is 23.0 Å². The van der Waals surface area contributed by atoms with Crippen LogP contribution in [0.1, 0.15) is 47.6 Å².